The first-order chi connectivity index (χ1) is 15.0. The summed E-state index contributed by atoms with van der Waals surface area (Å²) in [7, 11) is 0. The van der Waals surface area contributed by atoms with Gasteiger partial charge in [-0.25, -0.2) is 4.98 Å². The van der Waals surface area contributed by atoms with E-state index in [1.807, 2.05) is 48.0 Å². The van der Waals surface area contributed by atoms with Gasteiger partial charge in [-0.1, -0.05) is 29.8 Å². The topological polar surface area (TPSA) is 79.4 Å². The second kappa shape index (κ2) is 8.90. The predicted octanol–water partition coefficient (Wildman–Crippen LogP) is 4.93. The molecule has 0 aliphatic carbocycles. The van der Waals surface area contributed by atoms with Crippen LogP contribution in [0.5, 0.6) is 5.75 Å². The zero-order chi connectivity index (χ0) is 21.8. The quantitative estimate of drug-likeness (QED) is 0.470. The number of carbonyl (C=O) groups excluding carboxylic acids is 1. The molecule has 2 aromatic heterocycles. The van der Waals surface area contributed by atoms with E-state index in [0.717, 1.165) is 16.8 Å². The van der Waals surface area contributed by atoms with E-state index in [2.05, 4.69) is 16.4 Å². The number of hydrogen-bond donors (Lipinski definition) is 1. The molecule has 2 heterocycles. The fraction of sp³-hybridized carbons (Fsp3) is 0.125. The third kappa shape index (κ3) is 4.85. The molecule has 4 rings (SSSR count). The van der Waals surface area contributed by atoms with Crippen molar-refractivity contribution in [2.24, 2.45) is 0 Å². The Labute approximate surface area is 184 Å². The van der Waals surface area contributed by atoms with Crippen molar-refractivity contribution in [2.45, 2.75) is 20.0 Å². The van der Waals surface area contributed by atoms with Gasteiger partial charge in [0.15, 0.2) is 0 Å². The monoisotopic (exact) mass is 430 g/mol. The summed E-state index contributed by atoms with van der Waals surface area (Å²) in [5, 5.41) is 12.2. The van der Waals surface area contributed by atoms with Crippen LogP contribution in [0.1, 0.15) is 22.4 Å². The number of aryl methyl sites for hydroxylation is 1. The Morgan fingerprint density at radius 1 is 1.23 bits per heavy atom. The van der Waals surface area contributed by atoms with E-state index < -0.39 is 0 Å². The van der Waals surface area contributed by atoms with Crippen molar-refractivity contribution in [1.29, 1.82) is 5.26 Å². The fourth-order valence-corrected chi connectivity index (χ4v) is 3.48. The lowest BCUT2D eigenvalue weighted by molar-refractivity contribution is -0.115. The minimum atomic E-state index is -0.181. The molecule has 4 aromatic rings. The van der Waals surface area contributed by atoms with Gasteiger partial charge in [0.2, 0.25) is 5.91 Å². The number of nitrogens with one attached hydrogen (secondary N) is 1. The predicted molar refractivity (Wildman–Crippen MR) is 119 cm³/mol. The molecule has 0 bridgehead atoms. The molecule has 0 aliphatic heterocycles. The molecule has 154 valence electrons. The lowest BCUT2D eigenvalue weighted by Gasteiger charge is -2.10. The van der Waals surface area contributed by atoms with E-state index in [-0.39, 0.29) is 18.9 Å². The van der Waals surface area contributed by atoms with Crippen LogP contribution in [0, 0.1) is 18.3 Å². The number of benzene rings is 2. The van der Waals surface area contributed by atoms with Crippen molar-refractivity contribution >= 4 is 28.8 Å². The van der Waals surface area contributed by atoms with Crippen LogP contribution in [0.25, 0.3) is 5.65 Å². The maximum absolute atomic E-state index is 12.4. The average Bonchev–Trinajstić information content (AvgIpc) is 3.17. The number of carbonyl (C=O) groups is 1. The van der Waals surface area contributed by atoms with Gasteiger partial charge >= 0.3 is 0 Å². The summed E-state index contributed by atoms with van der Waals surface area (Å²) in [5.74, 6) is 0.317. The number of pyridine rings is 1. The SMILES string of the molecule is Cc1cccn2cc(CC(=O)Nc3ccc(OCc4cccc(C#N)c4)c(Cl)c3)nc12. The second-order valence-corrected chi connectivity index (χ2v) is 7.53. The molecule has 2 aromatic carbocycles. The van der Waals surface area contributed by atoms with Crippen LogP contribution < -0.4 is 10.1 Å². The number of amides is 1. The van der Waals surface area contributed by atoms with E-state index in [0.29, 0.717) is 27.7 Å². The van der Waals surface area contributed by atoms with Crippen LogP contribution in [0.4, 0.5) is 5.69 Å². The van der Waals surface area contributed by atoms with E-state index in [9.17, 15) is 4.79 Å². The van der Waals surface area contributed by atoms with Crippen LogP contribution in [0.3, 0.4) is 0 Å². The summed E-state index contributed by atoms with van der Waals surface area (Å²) in [4.78, 5) is 17.0. The van der Waals surface area contributed by atoms with Gasteiger partial charge < -0.3 is 14.5 Å². The van der Waals surface area contributed by atoms with Crippen molar-refractivity contribution in [3.05, 3.63) is 94.4 Å². The van der Waals surface area contributed by atoms with Crippen LogP contribution in [-0.2, 0) is 17.8 Å². The first kappa shape index (κ1) is 20.5. The maximum atomic E-state index is 12.4. The van der Waals surface area contributed by atoms with Crippen molar-refractivity contribution < 1.29 is 9.53 Å². The van der Waals surface area contributed by atoms with Gasteiger partial charge in [-0.3, -0.25) is 4.79 Å². The van der Waals surface area contributed by atoms with E-state index in [4.69, 9.17) is 21.6 Å². The minimum absolute atomic E-state index is 0.159. The highest BCUT2D eigenvalue weighted by Gasteiger charge is 2.11. The number of nitrogens with zero attached hydrogens (tertiary/aromatic N) is 3. The Morgan fingerprint density at radius 2 is 2.10 bits per heavy atom. The molecule has 0 spiro atoms. The Balaban J connectivity index is 1.38. The summed E-state index contributed by atoms with van der Waals surface area (Å²) in [6.45, 7) is 2.27. The highest BCUT2D eigenvalue weighted by atomic mass is 35.5. The molecular weight excluding hydrogens is 412 g/mol. The average molecular weight is 431 g/mol. The second-order valence-electron chi connectivity index (χ2n) is 7.13. The van der Waals surface area contributed by atoms with Gasteiger partial charge in [-0.05, 0) is 54.4 Å². The summed E-state index contributed by atoms with van der Waals surface area (Å²) >= 11 is 6.32. The standard InChI is InChI=1S/C24H19ClN4O2/c1-16-4-3-9-29-14-20(28-24(16)29)12-23(30)27-19-7-8-22(21(25)11-19)31-15-18-6-2-5-17(10-18)13-26/h2-11,14H,12,15H2,1H3,(H,27,30). The number of nitriles is 1. The van der Waals surface area contributed by atoms with E-state index in [1.165, 1.54) is 0 Å². The number of fused-ring (bicyclic) bond motifs is 1. The number of hydrogen-bond acceptors (Lipinski definition) is 4. The normalized spacial score (nSPS) is 10.6. The number of imidazole rings is 1. The third-order valence-electron chi connectivity index (χ3n) is 4.74. The summed E-state index contributed by atoms with van der Waals surface area (Å²) in [5.41, 5.74) is 4.61. The van der Waals surface area contributed by atoms with E-state index >= 15 is 0 Å². The van der Waals surface area contributed by atoms with E-state index in [1.54, 1.807) is 30.3 Å². The molecule has 0 atom stereocenters. The smallest absolute Gasteiger partial charge is 0.230 e. The number of anilines is 1. The van der Waals surface area contributed by atoms with Crippen molar-refractivity contribution in [3.8, 4) is 11.8 Å². The molecule has 0 unspecified atom stereocenters. The van der Waals surface area contributed by atoms with Gasteiger partial charge in [0.1, 0.15) is 18.0 Å². The largest absolute Gasteiger partial charge is 0.487 e. The van der Waals surface area contributed by atoms with Crippen molar-refractivity contribution in [1.82, 2.24) is 9.38 Å². The Morgan fingerprint density at radius 3 is 2.87 bits per heavy atom. The molecule has 1 N–H and O–H groups in total. The molecule has 0 fully saturated rings. The van der Waals surface area contributed by atoms with Crippen LogP contribution in [0.15, 0.2) is 67.0 Å². The summed E-state index contributed by atoms with van der Waals surface area (Å²) < 4.78 is 7.67. The summed E-state index contributed by atoms with van der Waals surface area (Å²) in [6, 6.07) is 18.3. The molecule has 6 nitrogen and oxygen atoms in total. The molecule has 0 saturated heterocycles. The molecule has 0 radical (unpaired) electrons. The molecule has 0 aliphatic rings. The number of ether oxygens (including phenoxy) is 1. The van der Waals surface area contributed by atoms with Crippen molar-refractivity contribution in [2.75, 3.05) is 5.32 Å². The van der Waals surface area contributed by atoms with Crippen LogP contribution >= 0.6 is 11.6 Å². The van der Waals surface area contributed by atoms with Crippen LogP contribution in [0.2, 0.25) is 5.02 Å². The van der Waals surface area contributed by atoms with Gasteiger partial charge in [-0.15, -0.1) is 0 Å². The van der Waals surface area contributed by atoms with Gasteiger partial charge in [0.05, 0.1) is 28.8 Å². The first-order valence-electron chi connectivity index (χ1n) is 9.66. The Kier molecular flexibility index (Phi) is 5.87. The lowest BCUT2D eigenvalue weighted by Crippen LogP contribution is -2.14. The first-order valence-corrected chi connectivity index (χ1v) is 10.0. The number of aromatic nitrogens is 2. The maximum Gasteiger partial charge on any atom is 0.230 e. The third-order valence-corrected chi connectivity index (χ3v) is 5.03. The summed E-state index contributed by atoms with van der Waals surface area (Å²) in [6.07, 6.45) is 3.92. The number of rotatable bonds is 6. The lowest BCUT2D eigenvalue weighted by atomic mass is 10.1. The molecule has 7 heteroatoms. The van der Waals surface area contributed by atoms with Crippen molar-refractivity contribution in [3.63, 3.8) is 0 Å². The highest BCUT2D eigenvalue weighted by molar-refractivity contribution is 6.32. The molecular formula is C24H19ClN4O2. The van der Waals surface area contributed by atoms with Gasteiger partial charge in [-0.2, -0.15) is 5.26 Å². The van der Waals surface area contributed by atoms with Gasteiger partial charge in [0, 0.05) is 18.1 Å². The highest BCUT2D eigenvalue weighted by Crippen LogP contribution is 2.28. The zero-order valence-electron chi connectivity index (χ0n) is 16.8. The van der Waals surface area contributed by atoms with Crippen LogP contribution in [-0.4, -0.2) is 15.3 Å². The Bertz CT molecular complexity index is 1310. The molecule has 0 saturated carbocycles. The minimum Gasteiger partial charge on any atom is -0.487 e. The molecule has 31 heavy (non-hydrogen) atoms. The number of halogens is 1. The fourth-order valence-electron chi connectivity index (χ4n) is 3.25. The zero-order valence-corrected chi connectivity index (χ0v) is 17.6. The van der Waals surface area contributed by atoms with Gasteiger partial charge in [0.25, 0.3) is 0 Å². The molecule has 1 amide bonds. The Hall–Kier alpha value is -3.82.